The minimum absolute atomic E-state index is 0.122. The van der Waals surface area contributed by atoms with Gasteiger partial charge in [-0.05, 0) is 80.5 Å². The Hall–Kier alpha value is -2.68. The zero-order valence-corrected chi connectivity index (χ0v) is 24.8. The molecule has 188 valence electrons. The SMILES string of the molecule is CC1=C(C)C(C)C(c2c([SiH](C)C)cccc2C(NC(C)(C)C)(c2ccccc2)c2ccccc2)=C1C. The summed E-state index contributed by atoms with van der Waals surface area (Å²) >= 11 is 0. The fraction of sp³-hybridized carbons (Fsp3) is 0.353. The summed E-state index contributed by atoms with van der Waals surface area (Å²) in [5.41, 5.74) is 10.7. The lowest BCUT2D eigenvalue weighted by molar-refractivity contribution is 0.326. The van der Waals surface area contributed by atoms with Gasteiger partial charge in [-0.25, -0.2) is 0 Å². The van der Waals surface area contributed by atoms with E-state index in [2.05, 4.69) is 146 Å². The summed E-state index contributed by atoms with van der Waals surface area (Å²) in [6.45, 7) is 21.1. The molecule has 3 aromatic carbocycles. The zero-order valence-electron chi connectivity index (χ0n) is 23.7. The van der Waals surface area contributed by atoms with Crippen molar-refractivity contribution in [2.24, 2.45) is 5.92 Å². The van der Waals surface area contributed by atoms with Gasteiger partial charge < -0.3 is 0 Å². The summed E-state index contributed by atoms with van der Waals surface area (Å²) in [4.78, 5) is 0. The first-order chi connectivity index (χ1) is 17.0. The molecule has 3 aromatic rings. The molecule has 1 unspecified atom stereocenters. The van der Waals surface area contributed by atoms with Crippen molar-refractivity contribution in [1.82, 2.24) is 5.32 Å². The van der Waals surface area contributed by atoms with Gasteiger partial charge in [0.15, 0.2) is 0 Å². The van der Waals surface area contributed by atoms with Gasteiger partial charge in [-0.15, -0.1) is 0 Å². The van der Waals surface area contributed by atoms with Crippen LogP contribution in [-0.2, 0) is 5.54 Å². The highest BCUT2D eigenvalue weighted by Crippen LogP contribution is 2.47. The lowest BCUT2D eigenvalue weighted by atomic mass is 9.72. The molecule has 36 heavy (non-hydrogen) atoms. The Labute approximate surface area is 221 Å². The highest BCUT2D eigenvalue weighted by atomic mass is 28.3. The van der Waals surface area contributed by atoms with E-state index in [1.165, 1.54) is 44.5 Å². The van der Waals surface area contributed by atoms with Crippen molar-refractivity contribution in [3.63, 3.8) is 0 Å². The highest BCUT2D eigenvalue weighted by molar-refractivity contribution is 6.71. The Bertz CT molecular complexity index is 1250. The number of nitrogens with one attached hydrogen (secondary N) is 1. The van der Waals surface area contributed by atoms with Crippen LogP contribution in [0.15, 0.2) is 95.6 Å². The largest absolute Gasteiger partial charge is 0.295 e. The third-order valence-electron chi connectivity index (χ3n) is 8.01. The van der Waals surface area contributed by atoms with Gasteiger partial charge in [0.05, 0.1) is 14.3 Å². The van der Waals surface area contributed by atoms with Crippen LogP contribution in [0, 0.1) is 5.92 Å². The van der Waals surface area contributed by atoms with E-state index >= 15 is 0 Å². The van der Waals surface area contributed by atoms with Crippen molar-refractivity contribution in [1.29, 1.82) is 0 Å². The number of rotatable bonds is 6. The second-order valence-electron chi connectivity index (χ2n) is 11.8. The predicted molar refractivity (Wildman–Crippen MR) is 161 cm³/mol. The molecule has 0 bridgehead atoms. The molecular formula is C34H43NSi. The van der Waals surface area contributed by atoms with Crippen LogP contribution in [0.1, 0.15) is 70.7 Å². The highest BCUT2D eigenvalue weighted by Gasteiger charge is 2.43. The summed E-state index contributed by atoms with van der Waals surface area (Å²) in [6.07, 6.45) is 0. The summed E-state index contributed by atoms with van der Waals surface area (Å²) in [5.74, 6) is 0.413. The molecule has 2 heteroatoms. The van der Waals surface area contributed by atoms with E-state index in [4.69, 9.17) is 0 Å². The molecule has 1 aliphatic rings. The third kappa shape index (κ3) is 4.58. The average Bonchev–Trinajstić information content (AvgIpc) is 3.04. The second-order valence-corrected chi connectivity index (χ2v) is 14.8. The molecule has 0 heterocycles. The molecule has 4 rings (SSSR count). The number of benzene rings is 3. The Balaban J connectivity index is 2.20. The van der Waals surface area contributed by atoms with Gasteiger partial charge in [0.2, 0.25) is 0 Å². The van der Waals surface area contributed by atoms with Crippen molar-refractivity contribution in [2.75, 3.05) is 0 Å². The van der Waals surface area contributed by atoms with Gasteiger partial charge in [0.25, 0.3) is 0 Å². The lowest BCUT2D eigenvalue weighted by Gasteiger charge is -2.44. The van der Waals surface area contributed by atoms with Gasteiger partial charge >= 0.3 is 0 Å². The molecule has 0 saturated heterocycles. The smallest absolute Gasteiger partial charge is 0.0957 e. The van der Waals surface area contributed by atoms with E-state index in [1.807, 2.05) is 0 Å². The molecule has 0 aromatic heterocycles. The summed E-state index contributed by atoms with van der Waals surface area (Å²) in [5, 5.41) is 5.74. The number of hydrogen-bond acceptors (Lipinski definition) is 1. The number of allylic oxidation sites excluding steroid dienone is 4. The van der Waals surface area contributed by atoms with Gasteiger partial charge in [0.1, 0.15) is 0 Å². The summed E-state index contributed by atoms with van der Waals surface area (Å²) in [7, 11) is -1.14. The van der Waals surface area contributed by atoms with Crippen LogP contribution in [-0.4, -0.2) is 14.3 Å². The van der Waals surface area contributed by atoms with Crippen LogP contribution in [0.3, 0.4) is 0 Å². The molecule has 1 atom stereocenters. The van der Waals surface area contributed by atoms with Crippen molar-refractivity contribution >= 4 is 19.6 Å². The minimum atomic E-state index is -1.14. The van der Waals surface area contributed by atoms with Crippen LogP contribution >= 0.6 is 0 Å². The maximum Gasteiger partial charge on any atom is 0.0957 e. The van der Waals surface area contributed by atoms with Crippen LogP contribution in [0.4, 0.5) is 0 Å². The molecule has 0 aliphatic heterocycles. The normalized spacial score (nSPS) is 16.9. The van der Waals surface area contributed by atoms with E-state index in [0.29, 0.717) is 5.92 Å². The van der Waals surface area contributed by atoms with E-state index in [1.54, 1.807) is 5.19 Å². The van der Waals surface area contributed by atoms with Crippen molar-refractivity contribution in [2.45, 2.75) is 72.6 Å². The van der Waals surface area contributed by atoms with Crippen molar-refractivity contribution in [3.8, 4) is 0 Å². The van der Waals surface area contributed by atoms with Crippen molar-refractivity contribution in [3.05, 3.63) is 118 Å². The topological polar surface area (TPSA) is 12.0 Å². The van der Waals surface area contributed by atoms with E-state index in [-0.39, 0.29) is 5.54 Å². The van der Waals surface area contributed by atoms with E-state index < -0.39 is 14.3 Å². The van der Waals surface area contributed by atoms with Gasteiger partial charge in [-0.1, -0.05) is 110 Å². The Morgan fingerprint density at radius 1 is 0.694 bits per heavy atom. The Morgan fingerprint density at radius 2 is 1.22 bits per heavy atom. The van der Waals surface area contributed by atoms with Crippen LogP contribution < -0.4 is 10.5 Å². The first-order valence-corrected chi connectivity index (χ1v) is 16.3. The molecule has 1 N–H and O–H groups in total. The Morgan fingerprint density at radius 3 is 1.64 bits per heavy atom. The van der Waals surface area contributed by atoms with Crippen molar-refractivity contribution < 1.29 is 0 Å². The van der Waals surface area contributed by atoms with Gasteiger partial charge in [-0.3, -0.25) is 5.32 Å². The van der Waals surface area contributed by atoms with Crippen LogP contribution in [0.2, 0.25) is 13.1 Å². The standard InChI is InChI=1S/C34H43NSi/c1-23-24(2)26(4)31(25(23)3)32-29(21-16-22-30(32)36(8)9)34(35-33(5,6)7,27-17-12-10-13-18-27)28-19-14-11-15-20-28/h10-22,25,35-36H,1-9H3. The molecule has 0 radical (unpaired) electrons. The van der Waals surface area contributed by atoms with E-state index in [9.17, 15) is 0 Å². The average molecular weight is 494 g/mol. The first-order valence-electron chi connectivity index (χ1n) is 13.4. The zero-order chi connectivity index (χ0) is 26.3. The summed E-state index contributed by atoms with van der Waals surface area (Å²) in [6, 6.07) is 29.2. The van der Waals surface area contributed by atoms with Gasteiger partial charge in [-0.2, -0.15) is 0 Å². The van der Waals surface area contributed by atoms with Crippen LogP contribution in [0.5, 0.6) is 0 Å². The first kappa shape index (κ1) is 26.4. The molecular weight excluding hydrogens is 450 g/mol. The van der Waals surface area contributed by atoms with Gasteiger partial charge in [0, 0.05) is 11.5 Å². The maximum absolute atomic E-state index is 4.18. The number of hydrogen-bond donors (Lipinski definition) is 1. The lowest BCUT2D eigenvalue weighted by Crippen LogP contribution is -2.54. The fourth-order valence-corrected chi connectivity index (χ4v) is 7.44. The predicted octanol–water partition coefficient (Wildman–Crippen LogP) is 7.82. The summed E-state index contributed by atoms with van der Waals surface area (Å²) < 4.78 is 0. The Kier molecular flexibility index (Phi) is 7.32. The quantitative estimate of drug-likeness (QED) is 0.273. The third-order valence-corrected chi connectivity index (χ3v) is 9.73. The molecule has 0 amide bonds. The molecule has 0 fully saturated rings. The second kappa shape index (κ2) is 9.99. The van der Waals surface area contributed by atoms with E-state index in [0.717, 1.165) is 0 Å². The monoisotopic (exact) mass is 493 g/mol. The fourth-order valence-electron chi connectivity index (χ4n) is 6.06. The molecule has 1 nitrogen and oxygen atoms in total. The maximum atomic E-state index is 4.18. The molecule has 1 aliphatic carbocycles. The molecule has 0 saturated carbocycles. The van der Waals surface area contributed by atoms with Crippen LogP contribution in [0.25, 0.3) is 5.57 Å². The molecule has 0 spiro atoms. The minimum Gasteiger partial charge on any atom is -0.295 e.